The van der Waals surface area contributed by atoms with E-state index in [4.69, 9.17) is 5.26 Å². The van der Waals surface area contributed by atoms with Crippen molar-refractivity contribution in [2.24, 2.45) is 0 Å². The van der Waals surface area contributed by atoms with Crippen LogP contribution in [-0.2, 0) is 0 Å². The quantitative estimate of drug-likeness (QED) is 0.780. The van der Waals surface area contributed by atoms with E-state index in [1.54, 1.807) is 38.5 Å². The minimum Gasteiger partial charge on any atom is -0.343 e. The van der Waals surface area contributed by atoms with Crippen LogP contribution >= 0.6 is 0 Å². The molecule has 2 aromatic rings. The van der Waals surface area contributed by atoms with Gasteiger partial charge in [-0.25, -0.2) is 9.67 Å². The van der Waals surface area contributed by atoms with Crippen molar-refractivity contribution >= 4 is 5.91 Å². The topological polar surface area (TPSA) is 74.8 Å². The molecule has 0 bridgehead atoms. The normalized spacial score (nSPS) is 9.83. The number of carbonyl (C=O) groups excluding carboxylic acids is 1. The van der Waals surface area contributed by atoms with Gasteiger partial charge in [0.05, 0.1) is 11.6 Å². The van der Waals surface area contributed by atoms with Crippen molar-refractivity contribution in [1.29, 1.82) is 5.26 Å². The molecule has 90 valence electrons. The van der Waals surface area contributed by atoms with E-state index in [9.17, 15) is 4.79 Å². The van der Waals surface area contributed by atoms with E-state index in [1.165, 1.54) is 15.8 Å². The van der Waals surface area contributed by atoms with Gasteiger partial charge >= 0.3 is 0 Å². The van der Waals surface area contributed by atoms with Crippen LogP contribution < -0.4 is 0 Å². The fourth-order valence-corrected chi connectivity index (χ4v) is 1.41. The van der Waals surface area contributed by atoms with Crippen LogP contribution in [0.4, 0.5) is 0 Å². The lowest BCUT2D eigenvalue weighted by Crippen LogP contribution is -2.22. The van der Waals surface area contributed by atoms with Crippen molar-refractivity contribution in [3.63, 3.8) is 0 Å². The fourth-order valence-electron chi connectivity index (χ4n) is 1.41. The van der Waals surface area contributed by atoms with Crippen molar-refractivity contribution in [1.82, 2.24) is 19.7 Å². The first-order chi connectivity index (χ1) is 8.61. The van der Waals surface area contributed by atoms with E-state index in [0.29, 0.717) is 17.1 Å². The predicted molar refractivity (Wildman–Crippen MR) is 64.1 cm³/mol. The van der Waals surface area contributed by atoms with E-state index in [-0.39, 0.29) is 5.91 Å². The molecule has 6 heteroatoms. The average Bonchev–Trinajstić information content (AvgIpc) is 2.87. The number of carbonyl (C=O) groups is 1. The van der Waals surface area contributed by atoms with E-state index >= 15 is 0 Å². The molecule has 2 heterocycles. The highest BCUT2D eigenvalue weighted by molar-refractivity contribution is 5.91. The molecule has 0 radical (unpaired) electrons. The Morgan fingerprint density at radius 1 is 1.44 bits per heavy atom. The number of pyridine rings is 1. The van der Waals surface area contributed by atoms with Gasteiger partial charge in [-0.3, -0.25) is 4.79 Å². The highest BCUT2D eigenvalue weighted by Crippen LogP contribution is 2.07. The smallest absolute Gasteiger partial charge is 0.273 e. The van der Waals surface area contributed by atoms with Crippen molar-refractivity contribution in [3.8, 4) is 11.9 Å². The molecule has 0 aliphatic heterocycles. The molecule has 1 amide bonds. The lowest BCUT2D eigenvalue weighted by atomic mass is 10.3. The second-order valence-corrected chi connectivity index (χ2v) is 3.86. The zero-order valence-corrected chi connectivity index (χ0v) is 10.0. The first-order valence-corrected chi connectivity index (χ1v) is 5.25. The molecule has 0 atom stereocenters. The monoisotopic (exact) mass is 241 g/mol. The third kappa shape index (κ3) is 2.20. The summed E-state index contributed by atoms with van der Waals surface area (Å²) in [6.07, 6.45) is 3.17. The lowest BCUT2D eigenvalue weighted by Gasteiger charge is -2.06. The third-order valence-electron chi connectivity index (χ3n) is 2.32. The van der Waals surface area contributed by atoms with Gasteiger partial charge in [0, 0.05) is 32.6 Å². The van der Waals surface area contributed by atoms with E-state index < -0.39 is 0 Å². The van der Waals surface area contributed by atoms with Crippen LogP contribution in [0.2, 0.25) is 0 Å². The third-order valence-corrected chi connectivity index (χ3v) is 2.32. The summed E-state index contributed by atoms with van der Waals surface area (Å²) >= 11 is 0. The highest BCUT2D eigenvalue weighted by Gasteiger charge is 2.12. The Bertz CT molecular complexity index is 623. The first-order valence-electron chi connectivity index (χ1n) is 5.25. The largest absolute Gasteiger partial charge is 0.343 e. The Hall–Kier alpha value is -2.68. The number of nitrogens with zero attached hydrogens (tertiary/aromatic N) is 5. The van der Waals surface area contributed by atoms with E-state index in [0.717, 1.165) is 0 Å². The molecule has 0 unspecified atom stereocenters. The maximum atomic E-state index is 11.7. The second-order valence-electron chi connectivity index (χ2n) is 3.86. The number of hydrogen-bond acceptors (Lipinski definition) is 4. The highest BCUT2D eigenvalue weighted by atomic mass is 16.2. The number of aromatic nitrogens is 3. The number of nitriles is 1. The van der Waals surface area contributed by atoms with Crippen molar-refractivity contribution in [3.05, 3.63) is 41.9 Å². The molecule has 0 aliphatic rings. The first kappa shape index (κ1) is 11.8. The Balaban J connectivity index is 2.35. The molecule has 6 nitrogen and oxygen atoms in total. The van der Waals surface area contributed by atoms with E-state index in [1.807, 2.05) is 6.07 Å². The van der Waals surface area contributed by atoms with Gasteiger partial charge in [0.2, 0.25) is 0 Å². The molecule has 2 rings (SSSR count). The summed E-state index contributed by atoms with van der Waals surface area (Å²) in [5, 5.41) is 12.9. The molecular formula is C12H11N5O. The Morgan fingerprint density at radius 2 is 2.22 bits per heavy atom. The van der Waals surface area contributed by atoms with Crippen LogP contribution in [0.1, 0.15) is 16.1 Å². The van der Waals surface area contributed by atoms with Crippen LogP contribution in [0, 0.1) is 11.3 Å². The van der Waals surface area contributed by atoms with Gasteiger partial charge in [-0.2, -0.15) is 10.4 Å². The van der Waals surface area contributed by atoms with Crippen LogP contribution in [-0.4, -0.2) is 39.7 Å². The average molecular weight is 241 g/mol. The van der Waals surface area contributed by atoms with Gasteiger partial charge in [0.25, 0.3) is 5.91 Å². The lowest BCUT2D eigenvalue weighted by molar-refractivity contribution is 0.0821. The molecule has 18 heavy (non-hydrogen) atoms. The zero-order valence-electron chi connectivity index (χ0n) is 10.0. The molecular weight excluding hydrogens is 230 g/mol. The SMILES string of the molecule is CN(C)C(=O)c1ccn(-c2cc(C#N)ccn2)n1. The number of rotatable bonds is 2. The fraction of sp³-hybridized carbons (Fsp3) is 0.167. The molecule has 0 aromatic carbocycles. The Labute approximate surface area is 104 Å². The summed E-state index contributed by atoms with van der Waals surface area (Å²) in [5.41, 5.74) is 0.833. The Morgan fingerprint density at radius 3 is 2.89 bits per heavy atom. The maximum absolute atomic E-state index is 11.7. The van der Waals surface area contributed by atoms with Crippen molar-refractivity contribution in [2.45, 2.75) is 0 Å². The van der Waals surface area contributed by atoms with Gasteiger partial charge < -0.3 is 4.90 Å². The number of amides is 1. The van der Waals surface area contributed by atoms with Crippen molar-refractivity contribution in [2.75, 3.05) is 14.1 Å². The van der Waals surface area contributed by atoms with Gasteiger partial charge in [0.1, 0.15) is 0 Å². The second kappa shape index (κ2) is 4.67. The van der Waals surface area contributed by atoms with Crippen molar-refractivity contribution < 1.29 is 4.79 Å². The van der Waals surface area contributed by atoms with Gasteiger partial charge in [-0.15, -0.1) is 0 Å². The maximum Gasteiger partial charge on any atom is 0.273 e. The van der Waals surface area contributed by atoms with Crippen LogP contribution in [0.3, 0.4) is 0 Å². The van der Waals surface area contributed by atoms with Gasteiger partial charge in [-0.1, -0.05) is 0 Å². The van der Waals surface area contributed by atoms with E-state index in [2.05, 4.69) is 10.1 Å². The Kier molecular flexibility index (Phi) is 3.06. The number of hydrogen-bond donors (Lipinski definition) is 0. The molecule has 0 spiro atoms. The summed E-state index contributed by atoms with van der Waals surface area (Å²) in [6.45, 7) is 0. The summed E-state index contributed by atoms with van der Waals surface area (Å²) < 4.78 is 1.47. The summed E-state index contributed by atoms with van der Waals surface area (Å²) in [7, 11) is 3.33. The molecule has 0 aliphatic carbocycles. The summed E-state index contributed by atoms with van der Waals surface area (Å²) in [4.78, 5) is 17.2. The molecule has 0 fully saturated rings. The molecule has 0 saturated heterocycles. The predicted octanol–water partition coefficient (Wildman–Crippen LogP) is 0.841. The van der Waals surface area contributed by atoms with Crippen LogP contribution in [0.25, 0.3) is 5.82 Å². The van der Waals surface area contributed by atoms with Crippen LogP contribution in [0.15, 0.2) is 30.6 Å². The minimum atomic E-state index is -0.176. The molecule has 0 saturated carbocycles. The summed E-state index contributed by atoms with van der Waals surface area (Å²) in [6, 6.07) is 6.86. The zero-order chi connectivity index (χ0) is 13.1. The summed E-state index contributed by atoms with van der Waals surface area (Å²) in [5.74, 6) is 0.331. The molecule has 0 N–H and O–H groups in total. The molecule has 2 aromatic heterocycles. The van der Waals surface area contributed by atoms with Crippen LogP contribution in [0.5, 0.6) is 0 Å². The standard InChI is InChI=1S/C12H11N5O/c1-16(2)12(18)10-4-6-17(15-10)11-7-9(8-13)3-5-14-11/h3-7H,1-2H3. The minimum absolute atomic E-state index is 0.176. The van der Waals surface area contributed by atoms with Gasteiger partial charge in [0.15, 0.2) is 11.5 Å². The van der Waals surface area contributed by atoms with Gasteiger partial charge in [-0.05, 0) is 12.1 Å².